The van der Waals surface area contributed by atoms with Crippen LogP contribution in [0.2, 0.25) is 0 Å². The van der Waals surface area contributed by atoms with Crippen molar-refractivity contribution in [3.8, 4) is 0 Å². The van der Waals surface area contributed by atoms with Crippen LogP contribution in [0.5, 0.6) is 0 Å². The molecule has 0 aliphatic heterocycles. The van der Waals surface area contributed by atoms with Crippen LogP contribution in [0.15, 0.2) is 0 Å². The van der Waals surface area contributed by atoms with Gasteiger partial charge in [0, 0.05) is 27.9 Å². The van der Waals surface area contributed by atoms with Crippen LogP contribution in [0.1, 0.15) is 33.6 Å². The van der Waals surface area contributed by atoms with Gasteiger partial charge in [-0.1, -0.05) is 0 Å². The van der Waals surface area contributed by atoms with Crippen molar-refractivity contribution in [2.75, 3.05) is 13.7 Å². The normalized spacial score (nSPS) is 28.6. The predicted octanol–water partition coefficient (Wildman–Crippen LogP) is 0.838. The maximum Gasteiger partial charge on any atom is 0.303 e. The zero-order valence-electron chi connectivity index (χ0n) is 12.8. The van der Waals surface area contributed by atoms with Gasteiger partial charge in [0.1, 0.15) is 6.10 Å². The molecule has 0 aromatic rings. The van der Waals surface area contributed by atoms with E-state index in [2.05, 4.69) is 0 Å². The number of esters is 3. The molecule has 120 valence electrons. The van der Waals surface area contributed by atoms with Gasteiger partial charge in [-0.2, -0.15) is 0 Å². The molecule has 1 saturated carbocycles. The zero-order chi connectivity index (χ0) is 16.0. The van der Waals surface area contributed by atoms with Crippen LogP contribution < -0.4 is 0 Å². The Morgan fingerprint density at radius 3 is 1.95 bits per heavy atom. The lowest BCUT2D eigenvalue weighted by Gasteiger charge is -2.39. The number of hydrogen-bond donors (Lipinski definition) is 0. The third-order valence-electron chi connectivity index (χ3n) is 3.31. The Kier molecular flexibility index (Phi) is 6.61. The van der Waals surface area contributed by atoms with Gasteiger partial charge in [-0.3, -0.25) is 14.4 Å². The highest BCUT2D eigenvalue weighted by molar-refractivity contribution is 5.67. The number of ether oxygens (including phenoxy) is 4. The number of carbonyl (C=O) groups is 3. The second-order valence-electron chi connectivity index (χ2n) is 5.14. The number of rotatable bonds is 5. The number of carbonyl (C=O) groups excluding carboxylic acids is 3. The fourth-order valence-corrected chi connectivity index (χ4v) is 2.53. The second kappa shape index (κ2) is 7.97. The Balaban J connectivity index is 2.80. The molecule has 1 fully saturated rings. The van der Waals surface area contributed by atoms with E-state index < -0.39 is 30.3 Å². The highest BCUT2D eigenvalue weighted by atomic mass is 16.6. The van der Waals surface area contributed by atoms with Crippen molar-refractivity contribution in [1.82, 2.24) is 0 Å². The van der Waals surface area contributed by atoms with E-state index in [-0.39, 0.29) is 18.5 Å². The molecule has 0 heterocycles. The summed E-state index contributed by atoms with van der Waals surface area (Å²) in [6.45, 7) is 4.15. The summed E-state index contributed by atoms with van der Waals surface area (Å²) in [4.78, 5) is 33.3. The molecule has 1 rings (SSSR count). The van der Waals surface area contributed by atoms with Crippen molar-refractivity contribution in [3.05, 3.63) is 0 Å². The summed E-state index contributed by atoms with van der Waals surface area (Å²) in [5.74, 6) is -1.30. The Labute approximate surface area is 123 Å². The fraction of sp³-hybridized carbons (Fsp3) is 0.786. The minimum absolute atomic E-state index is 0.0185. The van der Waals surface area contributed by atoms with Crippen molar-refractivity contribution in [3.63, 3.8) is 0 Å². The summed E-state index contributed by atoms with van der Waals surface area (Å²) in [6, 6.07) is 0. The van der Waals surface area contributed by atoms with E-state index in [0.29, 0.717) is 12.8 Å². The standard InChI is InChI=1S/C14H22O7/c1-8(15)19-7-11-5-12(18-4)14(21-10(3)17)13(6-11)20-9(2)16/h11-14H,5-7H2,1-4H3/t11-,12+,13+,14-/m0/s1. The van der Waals surface area contributed by atoms with Crippen molar-refractivity contribution < 1.29 is 33.3 Å². The Morgan fingerprint density at radius 1 is 0.905 bits per heavy atom. The molecule has 0 unspecified atom stereocenters. The lowest BCUT2D eigenvalue weighted by molar-refractivity contribution is -0.189. The first-order valence-electron chi connectivity index (χ1n) is 6.84. The van der Waals surface area contributed by atoms with Crippen LogP contribution in [0.4, 0.5) is 0 Å². The molecule has 7 heteroatoms. The van der Waals surface area contributed by atoms with Crippen molar-refractivity contribution in [1.29, 1.82) is 0 Å². The minimum Gasteiger partial charge on any atom is -0.466 e. The summed E-state index contributed by atoms with van der Waals surface area (Å²) < 4.78 is 20.8. The quantitative estimate of drug-likeness (QED) is 0.549. The van der Waals surface area contributed by atoms with Gasteiger partial charge >= 0.3 is 17.9 Å². The topological polar surface area (TPSA) is 88.1 Å². The summed E-state index contributed by atoms with van der Waals surface area (Å²) in [7, 11) is 1.50. The largest absolute Gasteiger partial charge is 0.466 e. The Bertz CT molecular complexity index is 393. The average molecular weight is 302 g/mol. The molecule has 0 saturated heterocycles. The molecular weight excluding hydrogens is 280 g/mol. The minimum atomic E-state index is -0.648. The first-order valence-corrected chi connectivity index (χ1v) is 6.84. The van der Waals surface area contributed by atoms with Crippen LogP contribution in [0, 0.1) is 5.92 Å². The molecule has 21 heavy (non-hydrogen) atoms. The molecule has 1 aliphatic carbocycles. The fourth-order valence-electron chi connectivity index (χ4n) is 2.53. The van der Waals surface area contributed by atoms with Gasteiger partial charge in [0.25, 0.3) is 0 Å². The van der Waals surface area contributed by atoms with Crippen LogP contribution in [-0.4, -0.2) is 49.9 Å². The third-order valence-corrected chi connectivity index (χ3v) is 3.31. The molecule has 1 aliphatic rings. The highest BCUT2D eigenvalue weighted by Gasteiger charge is 2.42. The van der Waals surface area contributed by atoms with Gasteiger partial charge in [0.2, 0.25) is 0 Å². The smallest absolute Gasteiger partial charge is 0.303 e. The summed E-state index contributed by atoms with van der Waals surface area (Å²) in [5, 5.41) is 0. The van der Waals surface area contributed by atoms with Crippen LogP contribution >= 0.6 is 0 Å². The van der Waals surface area contributed by atoms with Crippen molar-refractivity contribution in [2.24, 2.45) is 5.92 Å². The van der Waals surface area contributed by atoms with Gasteiger partial charge < -0.3 is 18.9 Å². The van der Waals surface area contributed by atoms with Gasteiger partial charge in [0.15, 0.2) is 6.10 Å². The number of methoxy groups -OCH3 is 1. The van der Waals surface area contributed by atoms with Crippen LogP contribution in [-0.2, 0) is 33.3 Å². The molecular formula is C14H22O7. The molecule has 0 aromatic heterocycles. The van der Waals surface area contributed by atoms with Gasteiger partial charge in [-0.25, -0.2) is 0 Å². The molecule has 0 spiro atoms. The van der Waals surface area contributed by atoms with Gasteiger partial charge in [-0.15, -0.1) is 0 Å². The summed E-state index contributed by atoms with van der Waals surface area (Å²) in [6.07, 6.45) is -0.660. The maximum absolute atomic E-state index is 11.2. The summed E-state index contributed by atoms with van der Waals surface area (Å²) >= 11 is 0. The van der Waals surface area contributed by atoms with E-state index in [0.717, 1.165) is 0 Å². The first kappa shape index (κ1) is 17.4. The maximum atomic E-state index is 11.2. The highest BCUT2D eigenvalue weighted by Crippen LogP contribution is 2.31. The number of hydrogen-bond acceptors (Lipinski definition) is 7. The first-order chi connectivity index (χ1) is 9.83. The van der Waals surface area contributed by atoms with E-state index in [9.17, 15) is 14.4 Å². The van der Waals surface area contributed by atoms with E-state index in [1.807, 2.05) is 0 Å². The second-order valence-corrected chi connectivity index (χ2v) is 5.14. The molecule has 0 aromatic carbocycles. The van der Waals surface area contributed by atoms with E-state index >= 15 is 0 Å². The average Bonchev–Trinajstić information content (AvgIpc) is 2.37. The molecule has 7 nitrogen and oxygen atoms in total. The lowest BCUT2D eigenvalue weighted by atomic mass is 9.83. The van der Waals surface area contributed by atoms with Crippen molar-refractivity contribution >= 4 is 17.9 Å². The third kappa shape index (κ3) is 5.71. The van der Waals surface area contributed by atoms with E-state index in [4.69, 9.17) is 18.9 Å². The molecule has 0 radical (unpaired) electrons. The molecule has 0 N–H and O–H groups in total. The SMILES string of the molecule is CO[C@@H]1C[C@H](COC(C)=O)C[C@@H](OC(C)=O)[C@H]1OC(C)=O. The lowest BCUT2D eigenvalue weighted by Crippen LogP contribution is -2.50. The van der Waals surface area contributed by atoms with Crippen molar-refractivity contribution in [2.45, 2.75) is 51.9 Å². The van der Waals surface area contributed by atoms with E-state index in [1.165, 1.54) is 27.9 Å². The van der Waals surface area contributed by atoms with Gasteiger partial charge in [-0.05, 0) is 18.8 Å². The molecule has 0 bridgehead atoms. The van der Waals surface area contributed by atoms with E-state index in [1.54, 1.807) is 0 Å². The molecule has 4 atom stereocenters. The Hall–Kier alpha value is -1.63. The van der Waals surface area contributed by atoms with Crippen LogP contribution in [0.3, 0.4) is 0 Å². The zero-order valence-corrected chi connectivity index (χ0v) is 12.8. The summed E-state index contributed by atoms with van der Waals surface area (Å²) in [5.41, 5.74) is 0. The monoisotopic (exact) mass is 302 g/mol. The predicted molar refractivity (Wildman–Crippen MR) is 71.3 cm³/mol. The Morgan fingerprint density at radius 2 is 1.48 bits per heavy atom. The molecule has 0 amide bonds. The van der Waals surface area contributed by atoms with Gasteiger partial charge in [0.05, 0.1) is 12.7 Å². The van der Waals surface area contributed by atoms with Crippen LogP contribution in [0.25, 0.3) is 0 Å².